The summed E-state index contributed by atoms with van der Waals surface area (Å²) in [6, 6.07) is 0. The molecule has 1 saturated heterocycles. The van der Waals surface area contributed by atoms with E-state index in [2.05, 4.69) is 26.3 Å². The molecule has 19 heavy (non-hydrogen) atoms. The van der Waals surface area contributed by atoms with Crippen molar-refractivity contribution in [1.29, 1.82) is 0 Å². The van der Waals surface area contributed by atoms with Crippen LogP contribution in [0.5, 0.6) is 0 Å². The van der Waals surface area contributed by atoms with Crippen LogP contribution in [0.15, 0.2) is 4.99 Å². The molecule has 5 heteroatoms. The van der Waals surface area contributed by atoms with Gasteiger partial charge in [-0.05, 0) is 12.8 Å². The summed E-state index contributed by atoms with van der Waals surface area (Å²) in [5, 5.41) is 2.86. The van der Waals surface area contributed by atoms with Gasteiger partial charge in [-0.25, -0.2) is 0 Å². The van der Waals surface area contributed by atoms with Gasteiger partial charge in [0.05, 0.1) is 0 Å². The minimum Gasteiger partial charge on any atom is -0.355 e. The van der Waals surface area contributed by atoms with Crippen LogP contribution in [-0.2, 0) is 4.79 Å². The number of rotatable bonds is 5. The minimum absolute atomic E-state index is 0.0650. The largest absolute Gasteiger partial charge is 0.355 e. The van der Waals surface area contributed by atoms with E-state index < -0.39 is 0 Å². The Hall–Kier alpha value is -0.940. The molecule has 108 valence electrons. The van der Waals surface area contributed by atoms with Crippen molar-refractivity contribution >= 4 is 12.1 Å². The van der Waals surface area contributed by atoms with E-state index >= 15 is 0 Å². The Labute approximate surface area is 116 Å². The van der Waals surface area contributed by atoms with E-state index in [-0.39, 0.29) is 5.91 Å². The lowest BCUT2D eigenvalue weighted by molar-refractivity contribution is -0.119. The molecule has 5 nitrogen and oxygen atoms in total. The second-order valence-corrected chi connectivity index (χ2v) is 5.58. The van der Waals surface area contributed by atoms with Crippen molar-refractivity contribution in [2.24, 2.45) is 10.9 Å². The first-order chi connectivity index (χ1) is 9.24. The third-order valence-electron chi connectivity index (χ3n) is 3.94. The molecule has 1 unspecified atom stereocenters. The van der Waals surface area contributed by atoms with Crippen LogP contribution < -0.4 is 5.32 Å². The Morgan fingerprint density at radius 3 is 2.68 bits per heavy atom. The number of aliphatic imine (C=N–C) groups is 1. The number of carbonyl (C=O) groups is 1. The smallest absolute Gasteiger partial charge is 0.216 e. The summed E-state index contributed by atoms with van der Waals surface area (Å²) >= 11 is 0. The lowest BCUT2D eigenvalue weighted by Crippen LogP contribution is -2.49. The third-order valence-corrected chi connectivity index (χ3v) is 3.94. The molecule has 0 spiro atoms. The highest BCUT2D eigenvalue weighted by atomic mass is 16.1. The van der Waals surface area contributed by atoms with Crippen LogP contribution in [0.1, 0.15) is 19.8 Å². The topological polar surface area (TPSA) is 47.9 Å². The molecule has 1 atom stereocenters. The maximum Gasteiger partial charge on any atom is 0.216 e. The first-order valence-corrected chi connectivity index (χ1v) is 7.43. The van der Waals surface area contributed by atoms with Crippen LogP contribution in [0.3, 0.4) is 0 Å². The van der Waals surface area contributed by atoms with Gasteiger partial charge in [0.15, 0.2) is 0 Å². The molecule has 0 aromatic heterocycles. The first-order valence-electron chi connectivity index (χ1n) is 7.43. The fraction of sp³-hybridized carbons (Fsp3) is 0.857. The highest BCUT2D eigenvalue weighted by Gasteiger charge is 2.19. The quantitative estimate of drug-likeness (QED) is 0.774. The molecule has 0 radical (unpaired) electrons. The predicted molar refractivity (Wildman–Crippen MR) is 77.6 cm³/mol. The Kier molecular flexibility index (Phi) is 5.79. The maximum atomic E-state index is 10.8. The van der Waals surface area contributed by atoms with Gasteiger partial charge >= 0.3 is 0 Å². The molecule has 0 bridgehead atoms. The van der Waals surface area contributed by atoms with Crippen LogP contribution in [0.2, 0.25) is 0 Å². The molecule has 2 heterocycles. The third kappa shape index (κ3) is 5.28. The molecule has 2 rings (SSSR count). The van der Waals surface area contributed by atoms with Gasteiger partial charge in [-0.2, -0.15) is 0 Å². The summed E-state index contributed by atoms with van der Waals surface area (Å²) in [5.74, 6) is 0.731. The average molecular weight is 266 g/mol. The molecule has 0 aromatic carbocycles. The van der Waals surface area contributed by atoms with Gasteiger partial charge in [-0.15, -0.1) is 0 Å². The number of hydrogen-bond acceptors (Lipinski definition) is 4. The standard InChI is InChI=1S/C14H26N4O/c1-13(19)16-5-6-17-7-9-18(10-8-17)12-14-3-2-4-15-11-14/h11,14H,2-10,12H2,1H3,(H,16,19). The molecule has 2 aliphatic rings. The summed E-state index contributed by atoms with van der Waals surface area (Å²) in [4.78, 5) is 20.2. The van der Waals surface area contributed by atoms with Gasteiger partial charge in [0.2, 0.25) is 5.91 Å². The van der Waals surface area contributed by atoms with Crippen molar-refractivity contribution in [2.75, 3.05) is 52.4 Å². The van der Waals surface area contributed by atoms with Crippen molar-refractivity contribution in [3.05, 3.63) is 0 Å². The molecule has 1 fully saturated rings. The van der Waals surface area contributed by atoms with Crippen LogP contribution in [0.25, 0.3) is 0 Å². The van der Waals surface area contributed by atoms with Gasteiger partial charge in [-0.3, -0.25) is 14.7 Å². The van der Waals surface area contributed by atoms with Gasteiger partial charge in [0, 0.05) is 71.4 Å². The van der Waals surface area contributed by atoms with Crippen LogP contribution in [-0.4, -0.2) is 74.3 Å². The Morgan fingerprint density at radius 2 is 2.05 bits per heavy atom. The molecule has 1 amide bonds. The molecular formula is C14H26N4O. The van der Waals surface area contributed by atoms with Crippen LogP contribution in [0, 0.1) is 5.92 Å². The molecule has 0 aromatic rings. The minimum atomic E-state index is 0.0650. The summed E-state index contributed by atoms with van der Waals surface area (Å²) < 4.78 is 0. The van der Waals surface area contributed by atoms with Crippen molar-refractivity contribution in [2.45, 2.75) is 19.8 Å². The second kappa shape index (κ2) is 7.60. The lowest BCUT2D eigenvalue weighted by atomic mass is 10.0. The molecule has 0 aliphatic carbocycles. The average Bonchev–Trinajstić information content (AvgIpc) is 2.42. The van der Waals surface area contributed by atoms with E-state index in [1.807, 2.05) is 0 Å². The maximum absolute atomic E-state index is 10.8. The number of nitrogens with zero attached hydrogens (tertiary/aromatic N) is 3. The fourth-order valence-electron chi connectivity index (χ4n) is 2.80. The molecule has 1 N–H and O–H groups in total. The van der Waals surface area contributed by atoms with E-state index in [1.54, 1.807) is 6.92 Å². The van der Waals surface area contributed by atoms with Crippen molar-refractivity contribution in [1.82, 2.24) is 15.1 Å². The summed E-state index contributed by atoms with van der Waals surface area (Å²) in [6.45, 7) is 10.0. The van der Waals surface area contributed by atoms with Crippen molar-refractivity contribution in [3.8, 4) is 0 Å². The monoisotopic (exact) mass is 266 g/mol. The zero-order valence-electron chi connectivity index (χ0n) is 12.0. The normalized spacial score (nSPS) is 25.4. The highest BCUT2D eigenvalue weighted by Crippen LogP contribution is 2.12. The number of piperazine rings is 1. The lowest BCUT2D eigenvalue weighted by Gasteiger charge is -2.36. The van der Waals surface area contributed by atoms with E-state index in [0.717, 1.165) is 45.8 Å². The summed E-state index contributed by atoms with van der Waals surface area (Å²) in [5.41, 5.74) is 0. The summed E-state index contributed by atoms with van der Waals surface area (Å²) in [6.07, 6.45) is 4.71. The van der Waals surface area contributed by atoms with Gasteiger partial charge in [0.25, 0.3) is 0 Å². The van der Waals surface area contributed by atoms with Gasteiger partial charge in [-0.1, -0.05) is 0 Å². The Balaban J connectivity index is 1.60. The molecule has 0 saturated carbocycles. The zero-order chi connectivity index (χ0) is 13.5. The number of nitrogens with one attached hydrogen (secondary N) is 1. The van der Waals surface area contributed by atoms with E-state index in [0.29, 0.717) is 5.92 Å². The highest BCUT2D eigenvalue weighted by molar-refractivity contribution is 5.72. The SMILES string of the molecule is CC(=O)NCCN1CCN(CC2C=NCCC2)CC1. The predicted octanol–water partition coefficient (Wildman–Crippen LogP) is 0.221. The van der Waals surface area contributed by atoms with Crippen LogP contribution >= 0.6 is 0 Å². The summed E-state index contributed by atoms with van der Waals surface area (Å²) in [7, 11) is 0. The first kappa shape index (κ1) is 14.5. The number of hydrogen-bond donors (Lipinski definition) is 1. The van der Waals surface area contributed by atoms with Crippen molar-refractivity contribution in [3.63, 3.8) is 0 Å². The van der Waals surface area contributed by atoms with E-state index in [1.165, 1.54) is 19.4 Å². The van der Waals surface area contributed by atoms with Gasteiger partial charge in [0.1, 0.15) is 0 Å². The molecule has 2 aliphatic heterocycles. The number of carbonyl (C=O) groups excluding carboxylic acids is 1. The van der Waals surface area contributed by atoms with E-state index in [4.69, 9.17) is 0 Å². The van der Waals surface area contributed by atoms with Crippen LogP contribution in [0.4, 0.5) is 0 Å². The zero-order valence-corrected chi connectivity index (χ0v) is 12.0. The fourth-order valence-corrected chi connectivity index (χ4v) is 2.80. The van der Waals surface area contributed by atoms with Crippen molar-refractivity contribution < 1.29 is 4.79 Å². The second-order valence-electron chi connectivity index (χ2n) is 5.58. The number of amides is 1. The molecular weight excluding hydrogens is 240 g/mol. The Bertz CT molecular complexity index is 311. The van der Waals surface area contributed by atoms with Gasteiger partial charge < -0.3 is 10.2 Å². The Morgan fingerprint density at radius 1 is 1.32 bits per heavy atom. The van der Waals surface area contributed by atoms with E-state index in [9.17, 15) is 4.79 Å².